The van der Waals surface area contributed by atoms with Crippen molar-refractivity contribution in [3.05, 3.63) is 46.0 Å². The highest BCUT2D eigenvalue weighted by Crippen LogP contribution is 2.22. The Balaban J connectivity index is 2.26. The molecule has 108 valence electrons. The van der Waals surface area contributed by atoms with Gasteiger partial charge in [-0.05, 0) is 25.5 Å². The van der Waals surface area contributed by atoms with Crippen LogP contribution < -0.4 is 5.73 Å². The third-order valence-corrected chi connectivity index (χ3v) is 4.15. The average molecular weight is 300 g/mol. The van der Waals surface area contributed by atoms with Crippen molar-refractivity contribution < 1.29 is 4.79 Å². The second-order valence-corrected chi connectivity index (χ2v) is 5.59. The lowest BCUT2D eigenvalue weighted by Gasteiger charge is -2.21. The molecule has 0 bridgehead atoms. The maximum absolute atomic E-state index is 12.6. The summed E-state index contributed by atoms with van der Waals surface area (Å²) in [5.41, 5.74) is 7.72. The van der Waals surface area contributed by atoms with E-state index in [1.165, 1.54) is 11.3 Å². The quantitative estimate of drug-likeness (QED) is 0.940. The Morgan fingerprint density at radius 1 is 1.48 bits per heavy atom. The van der Waals surface area contributed by atoms with Gasteiger partial charge in [0.25, 0.3) is 5.91 Å². The molecule has 0 radical (unpaired) electrons. The van der Waals surface area contributed by atoms with Gasteiger partial charge in [0.1, 0.15) is 4.88 Å². The van der Waals surface area contributed by atoms with Gasteiger partial charge in [0.15, 0.2) is 5.13 Å². The van der Waals surface area contributed by atoms with Crippen molar-refractivity contribution in [1.82, 2.24) is 9.88 Å². The minimum absolute atomic E-state index is 0.100. The van der Waals surface area contributed by atoms with Crippen molar-refractivity contribution >= 4 is 22.4 Å². The zero-order chi connectivity index (χ0) is 15.4. The summed E-state index contributed by atoms with van der Waals surface area (Å²) in [4.78, 5) is 18.9. The number of hydrogen-bond donors (Lipinski definition) is 1. The Hall–Kier alpha value is -2.39. The van der Waals surface area contributed by atoms with Crippen molar-refractivity contribution in [1.29, 1.82) is 5.26 Å². The highest BCUT2D eigenvalue weighted by molar-refractivity contribution is 7.17. The Bertz CT molecular complexity index is 702. The van der Waals surface area contributed by atoms with E-state index < -0.39 is 0 Å². The van der Waals surface area contributed by atoms with Gasteiger partial charge in [-0.1, -0.05) is 29.5 Å². The maximum Gasteiger partial charge on any atom is 0.266 e. The van der Waals surface area contributed by atoms with Crippen LogP contribution in [0.5, 0.6) is 0 Å². The zero-order valence-corrected chi connectivity index (χ0v) is 12.8. The molecule has 1 aromatic carbocycles. The third kappa shape index (κ3) is 3.20. The van der Waals surface area contributed by atoms with Gasteiger partial charge in [-0.2, -0.15) is 5.26 Å². The fourth-order valence-electron chi connectivity index (χ4n) is 2.06. The molecule has 0 atom stereocenters. The SMILES string of the molecule is CCN(Cc1ccccc1C#N)C(=O)c1sc(N)nc1C. The summed E-state index contributed by atoms with van der Waals surface area (Å²) in [5, 5.41) is 9.52. The summed E-state index contributed by atoms with van der Waals surface area (Å²) in [6.45, 7) is 4.63. The summed E-state index contributed by atoms with van der Waals surface area (Å²) in [6.07, 6.45) is 0. The molecular weight excluding hydrogens is 284 g/mol. The Morgan fingerprint density at radius 2 is 2.19 bits per heavy atom. The first-order valence-corrected chi connectivity index (χ1v) is 7.38. The Morgan fingerprint density at radius 3 is 2.76 bits per heavy atom. The number of nitriles is 1. The number of amides is 1. The van der Waals surface area contributed by atoms with Gasteiger partial charge in [0, 0.05) is 13.1 Å². The van der Waals surface area contributed by atoms with Crippen molar-refractivity contribution in [2.45, 2.75) is 20.4 Å². The van der Waals surface area contributed by atoms with Crippen LogP contribution in [-0.2, 0) is 6.54 Å². The lowest BCUT2D eigenvalue weighted by atomic mass is 10.1. The number of hydrogen-bond acceptors (Lipinski definition) is 5. The van der Waals surface area contributed by atoms with Gasteiger partial charge < -0.3 is 10.6 Å². The number of benzene rings is 1. The van der Waals surface area contributed by atoms with E-state index in [-0.39, 0.29) is 5.91 Å². The molecular formula is C15H16N4OS. The molecule has 21 heavy (non-hydrogen) atoms. The molecule has 0 fully saturated rings. The normalized spacial score (nSPS) is 10.1. The largest absolute Gasteiger partial charge is 0.375 e. The van der Waals surface area contributed by atoms with Crippen LogP contribution in [0, 0.1) is 18.3 Å². The molecule has 0 saturated carbocycles. The Labute approximate surface area is 127 Å². The molecule has 1 amide bonds. The van der Waals surface area contributed by atoms with Crippen LogP contribution in [0.2, 0.25) is 0 Å². The van der Waals surface area contributed by atoms with Crippen molar-refractivity contribution in [2.75, 3.05) is 12.3 Å². The maximum atomic E-state index is 12.6. The predicted octanol–water partition coefficient (Wildman–Crippen LogP) is 2.57. The first-order valence-electron chi connectivity index (χ1n) is 6.57. The van der Waals surface area contributed by atoms with Crippen LogP contribution in [0.4, 0.5) is 5.13 Å². The predicted molar refractivity (Wildman–Crippen MR) is 82.8 cm³/mol. The fraction of sp³-hybridized carbons (Fsp3) is 0.267. The monoisotopic (exact) mass is 300 g/mol. The standard InChI is InChI=1S/C15H16N4OS/c1-3-19(9-12-7-5-4-6-11(12)8-16)14(20)13-10(2)18-15(17)21-13/h4-7H,3,9H2,1-2H3,(H2,17,18). The number of rotatable bonds is 4. The van der Waals surface area contributed by atoms with Crippen molar-refractivity contribution in [2.24, 2.45) is 0 Å². The third-order valence-electron chi connectivity index (χ3n) is 3.18. The van der Waals surface area contributed by atoms with Gasteiger partial charge in [-0.25, -0.2) is 4.98 Å². The summed E-state index contributed by atoms with van der Waals surface area (Å²) in [7, 11) is 0. The van der Waals surface area contributed by atoms with Crippen molar-refractivity contribution in [3.8, 4) is 6.07 Å². The number of aromatic nitrogens is 1. The highest BCUT2D eigenvalue weighted by Gasteiger charge is 2.20. The summed E-state index contributed by atoms with van der Waals surface area (Å²) < 4.78 is 0. The van der Waals surface area contributed by atoms with E-state index in [9.17, 15) is 4.79 Å². The minimum atomic E-state index is -0.100. The molecule has 6 heteroatoms. The van der Waals surface area contributed by atoms with E-state index in [2.05, 4.69) is 11.1 Å². The molecule has 0 aliphatic carbocycles. The van der Waals surface area contributed by atoms with Crippen LogP contribution in [-0.4, -0.2) is 22.3 Å². The van der Waals surface area contributed by atoms with Crippen LogP contribution >= 0.6 is 11.3 Å². The average Bonchev–Trinajstić information content (AvgIpc) is 2.83. The minimum Gasteiger partial charge on any atom is -0.375 e. The van der Waals surface area contributed by atoms with Gasteiger partial charge >= 0.3 is 0 Å². The first kappa shape index (κ1) is 15.0. The molecule has 2 rings (SSSR count). The van der Waals surface area contributed by atoms with E-state index in [0.717, 1.165) is 5.56 Å². The number of anilines is 1. The van der Waals surface area contributed by atoms with Gasteiger partial charge in [0.2, 0.25) is 0 Å². The van der Waals surface area contributed by atoms with Gasteiger partial charge in [0.05, 0.1) is 17.3 Å². The lowest BCUT2D eigenvalue weighted by molar-refractivity contribution is 0.0756. The first-order chi connectivity index (χ1) is 10.1. The number of carbonyl (C=O) groups excluding carboxylic acids is 1. The number of thiazole rings is 1. The smallest absolute Gasteiger partial charge is 0.266 e. The molecule has 2 aromatic rings. The molecule has 0 aliphatic heterocycles. The molecule has 0 unspecified atom stereocenters. The summed E-state index contributed by atoms with van der Waals surface area (Å²) in [6, 6.07) is 9.45. The molecule has 1 aromatic heterocycles. The zero-order valence-electron chi connectivity index (χ0n) is 12.0. The van der Waals surface area contributed by atoms with E-state index in [1.54, 1.807) is 17.9 Å². The second kappa shape index (κ2) is 6.37. The second-order valence-electron chi connectivity index (χ2n) is 4.55. The van der Waals surface area contributed by atoms with Gasteiger partial charge in [-0.15, -0.1) is 0 Å². The molecule has 2 N–H and O–H groups in total. The van der Waals surface area contributed by atoms with Gasteiger partial charge in [-0.3, -0.25) is 4.79 Å². The van der Waals surface area contributed by atoms with E-state index in [4.69, 9.17) is 11.0 Å². The molecule has 1 heterocycles. The van der Waals surface area contributed by atoms with Crippen LogP contribution in [0.25, 0.3) is 0 Å². The van der Waals surface area contributed by atoms with Crippen LogP contribution in [0.1, 0.15) is 33.4 Å². The van der Waals surface area contributed by atoms with E-state index in [0.29, 0.717) is 34.4 Å². The van der Waals surface area contributed by atoms with Crippen molar-refractivity contribution in [3.63, 3.8) is 0 Å². The van der Waals surface area contributed by atoms with Crippen LogP contribution in [0.3, 0.4) is 0 Å². The topological polar surface area (TPSA) is 83.0 Å². The number of nitrogen functional groups attached to an aromatic ring is 1. The lowest BCUT2D eigenvalue weighted by Crippen LogP contribution is -2.30. The molecule has 5 nitrogen and oxygen atoms in total. The summed E-state index contributed by atoms with van der Waals surface area (Å²) >= 11 is 1.20. The van der Waals surface area contributed by atoms with E-state index >= 15 is 0 Å². The number of nitrogens with zero attached hydrogens (tertiary/aromatic N) is 3. The summed E-state index contributed by atoms with van der Waals surface area (Å²) in [5.74, 6) is -0.100. The van der Waals surface area contributed by atoms with Crippen LogP contribution in [0.15, 0.2) is 24.3 Å². The molecule has 0 spiro atoms. The van der Waals surface area contributed by atoms with E-state index in [1.807, 2.05) is 25.1 Å². The fourth-order valence-corrected chi connectivity index (χ4v) is 2.86. The molecule has 0 aliphatic rings. The number of aryl methyl sites for hydroxylation is 1. The number of nitrogens with two attached hydrogens (primary N) is 1. The number of carbonyl (C=O) groups is 1. The highest BCUT2D eigenvalue weighted by atomic mass is 32.1. The Kier molecular flexibility index (Phi) is 4.55. The molecule has 0 saturated heterocycles.